The van der Waals surface area contributed by atoms with E-state index in [4.69, 9.17) is 5.73 Å². The molecular weight excluding hydrogens is 284 g/mol. The molecule has 110 valence electrons. The number of nitrogens with zero attached hydrogens (tertiary/aromatic N) is 3. The lowest BCUT2D eigenvalue weighted by atomic mass is 9.83. The monoisotopic (exact) mass is 296 g/mol. The number of aromatic amines is 1. The van der Waals surface area contributed by atoms with Crippen molar-refractivity contribution in [1.82, 2.24) is 10.2 Å². The van der Waals surface area contributed by atoms with Gasteiger partial charge in [-0.15, -0.1) is 0 Å². The minimum atomic E-state index is -0.462. The van der Waals surface area contributed by atoms with Crippen LogP contribution in [0, 0.1) is 28.4 Å². The van der Waals surface area contributed by atoms with Gasteiger partial charge in [0.1, 0.15) is 5.82 Å². The van der Waals surface area contributed by atoms with Crippen molar-refractivity contribution in [2.45, 2.75) is 12.8 Å². The predicted molar refractivity (Wildman–Crippen MR) is 78.7 cm³/mol. The van der Waals surface area contributed by atoms with Crippen LogP contribution in [0.1, 0.15) is 22.7 Å². The Morgan fingerprint density at radius 2 is 2.09 bits per heavy atom. The summed E-state index contributed by atoms with van der Waals surface area (Å²) in [5.41, 5.74) is 8.65. The summed E-state index contributed by atoms with van der Waals surface area (Å²) < 4.78 is 0. The third-order valence-electron chi connectivity index (χ3n) is 3.67. The highest BCUT2D eigenvalue weighted by molar-refractivity contribution is 5.65. The van der Waals surface area contributed by atoms with Gasteiger partial charge in [0.05, 0.1) is 22.5 Å². The van der Waals surface area contributed by atoms with E-state index in [2.05, 4.69) is 21.6 Å². The van der Waals surface area contributed by atoms with Gasteiger partial charge in [-0.25, -0.2) is 0 Å². The molecule has 2 aromatic rings. The van der Waals surface area contributed by atoms with E-state index in [1.165, 1.54) is 12.1 Å². The van der Waals surface area contributed by atoms with Gasteiger partial charge in [0.25, 0.3) is 5.69 Å². The normalized spacial score (nSPS) is 16.6. The van der Waals surface area contributed by atoms with Crippen LogP contribution in [0.15, 0.2) is 35.7 Å². The molecule has 0 saturated heterocycles. The molecule has 8 nitrogen and oxygen atoms in total. The van der Waals surface area contributed by atoms with E-state index in [1.807, 2.05) is 6.92 Å². The van der Waals surface area contributed by atoms with Crippen LogP contribution in [0.2, 0.25) is 0 Å². The van der Waals surface area contributed by atoms with Crippen molar-refractivity contribution in [1.29, 1.82) is 5.26 Å². The van der Waals surface area contributed by atoms with E-state index < -0.39 is 10.8 Å². The molecule has 3 rings (SSSR count). The summed E-state index contributed by atoms with van der Waals surface area (Å²) in [6.07, 6.45) is 0. The summed E-state index contributed by atoms with van der Waals surface area (Å²) in [5, 5.41) is 30.1. The standard InChI is InChI=1S/C14H12N6O2/c1-7-11-12(8-2-4-9(5-3-8)20(21)22)10(6-15)13(16)17-14(11)19-18-7/h2-5,12H,16H2,1H3,(H2,17,18,19)/t12-/m0/s1. The SMILES string of the molecule is Cc1[nH]nc2c1[C@@H](c1ccc([N+](=O)[O-])cc1)C(C#N)=C(N)N2. The maximum Gasteiger partial charge on any atom is 0.269 e. The lowest BCUT2D eigenvalue weighted by molar-refractivity contribution is -0.384. The first-order valence-corrected chi connectivity index (χ1v) is 6.49. The summed E-state index contributed by atoms with van der Waals surface area (Å²) in [6, 6.07) is 8.21. The van der Waals surface area contributed by atoms with E-state index in [0.717, 1.165) is 16.8 Å². The zero-order chi connectivity index (χ0) is 15.9. The Balaban J connectivity index is 2.16. The van der Waals surface area contributed by atoms with E-state index in [9.17, 15) is 15.4 Å². The van der Waals surface area contributed by atoms with Gasteiger partial charge >= 0.3 is 0 Å². The van der Waals surface area contributed by atoms with Crippen LogP contribution in [-0.4, -0.2) is 15.1 Å². The molecule has 1 aliphatic rings. The van der Waals surface area contributed by atoms with Crippen molar-refractivity contribution in [2.75, 3.05) is 5.32 Å². The molecule has 1 aliphatic heterocycles. The Labute approximate surface area is 125 Å². The van der Waals surface area contributed by atoms with Gasteiger partial charge in [0, 0.05) is 23.4 Å². The predicted octanol–water partition coefficient (Wildman–Crippen LogP) is 1.88. The molecule has 8 heteroatoms. The number of nitriles is 1. The van der Waals surface area contributed by atoms with Crippen LogP contribution in [0.3, 0.4) is 0 Å². The fourth-order valence-corrected chi connectivity index (χ4v) is 2.63. The molecule has 1 atom stereocenters. The number of allylic oxidation sites excluding steroid dienone is 1. The molecule has 0 aliphatic carbocycles. The van der Waals surface area contributed by atoms with Crippen molar-refractivity contribution in [3.63, 3.8) is 0 Å². The number of aromatic nitrogens is 2. The van der Waals surface area contributed by atoms with Gasteiger partial charge in [0.15, 0.2) is 5.82 Å². The summed E-state index contributed by atoms with van der Waals surface area (Å²) in [7, 11) is 0. The second kappa shape index (κ2) is 4.89. The number of rotatable bonds is 2. The highest BCUT2D eigenvalue weighted by atomic mass is 16.6. The molecule has 2 heterocycles. The fourth-order valence-electron chi connectivity index (χ4n) is 2.63. The van der Waals surface area contributed by atoms with Gasteiger partial charge in [-0.3, -0.25) is 15.2 Å². The van der Waals surface area contributed by atoms with E-state index >= 15 is 0 Å². The van der Waals surface area contributed by atoms with Gasteiger partial charge < -0.3 is 11.1 Å². The van der Waals surface area contributed by atoms with Gasteiger partial charge in [-0.05, 0) is 12.5 Å². The van der Waals surface area contributed by atoms with Crippen LogP contribution >= 0.6 is 0 Å². The van der Waals surface area contributed by atoms with Crippen molar-refractivity contribution < 1.29 is 4.92 Å². The van der Waals surface area contributed by atoms with Crippen LogP contribution in [0.4, 0.5) is 11.5 Å². The second-order valence-corrected chi connectivity index (χ2v) is 4.96. The molecule has 0 radical (unpaired) electrons. The van der Waals surface area contributed by atoms with Crippen molar-refractivity contribution in [2.24, 2.45) is 5.73 Å². The summed E-state index contributed by atoms with van der Waals surface area (Å²) in [5.74, 6) is 0.406. The van der Waals surface area contributed by atoms with Crippen molar-refractivity contribution in [3.05, 3.63) is 62.6 Å². The number of hydrogen-bond acceptors (Lipinski definition) is 6. The first kappa shape index (κ1) is 13.6. The number of H-pyrrole nitrogens is 1. The average molecular weight is 296 g/mol. The number of anilines is 1. The Bertz CT molecular complexity index is 828. The number of benzene rings is 1. The van der Waals surface area contributed by atoms with Gasteiger partial charge in [0.2, 0.25) is 0 Å². The number of nitrogens with two attached hydrogens (primary N) is 1. The molecule has 0 fully saturated rings. The lowest BCUT2D eigenvalue weighted by Gasteiger charge is -2.24. The van der Waals surface area contributed by atoms with E-state index in [0.29, 0.717) is 11.4 Å². The van der Waals surface area contributed by atoms with Crippen LogP contribution < -0.4 is 11.1 Å². The number of nitro groups is 1. The minimum absolute atomic E-state index is 0.00252. The average Bonchev–Trinajstić information content (AvgIpc) is 2.87. The van der Waals surface area contributed by atoms with Gasteiger partial charge in [-0.2, -0.15) is 10.4 Å². The molecular formula is C14H12N6O2. The zero-order valence-corrected chi connectivity index (χ0v) is 11.6. The second-order valence-electron chi connectivity index (χ2n) is 4.96. The molecule has 1 aromatic carbocycles. The number of fused-ring (bicyclic) bond motifs is 1. The van der Waals surface area contributed by atoms with Crippen molar-refractivity contribution >= 4 is 11.5 Å². The lowest BCUT2D eigenvalue weighted by Crippen LogP contribution is -2.23. The Morgan fingerprint density at radius 1 is 1.41 bits per heavy atom. The van der Waals surface area contributed by atoms with Crippen LogP contribution in [-0.2, 0) is 0 Å². The molecule has 0 unspecified atom stereocenters. The molecule has 0 spiro atoms. The van der Waals surface area contributed by atoms with Crippen molar-refractivity contribution in [3.8, 4) is 6.07 Å². The molecule has 0 amide bonds. The molecule has 22 heavy (non-hydrogen) atoms. The quantitative estimate of drug-likeness (QED) is 0.572. The maximum atomic E-state index is 10.8. The van der Waals surface area contributed by atoms with Crippen LogP contribution in [0.5, 0.6) is 0 Å². The molecule has 1 aromatic heterocycles. The van der Waals surface area contributed by atoms with E-state index in [1.54, 1.807) is 12.1 Å². The first-order chi connectivity index (χ1) is 10.5. The fraction of sp³-hybridized carbons (Fsp3) is 0.143. The zero-order valence-electron chi connectivity index (χ0n) is 11.6. The number of aryl methyl sites for hydroxylation is 1. The van der Waals surface area contributed by atoms with Gasteiger partial charge in [-0.1, -0.05) is 12.1 Å². The summed E-state index contributed by atoms with van der Waals surface area (Å²) in [4.78, 5) is 10.3. The number of non-ortho nitro benzene ring substituents is 1. The smallest absolute Gasteiger partial charge is 0.269 e. The topological polar surface area (TPSA) is 134 Å². The van der Waals surface area contributed by atoms with Crippen LogP contribution in [0.25, 0.3) is 0 Å². The third kappa shape index (κ3) is 1.96. The summed E-state index contributed by atoms with van der Waals surface area (Å²) >= 11 is 0. The summed E-state index contributed by atoms with van der Waals surface area (Å²) in [6.45, 7) is 1.85. The minimum Gasteiger partial charge on any atom is -0.384 e. The van der Waals surface area contributed by atoms with E-state index in [-0.39, 0.29) is 11.5 Å². The number of hydrogen-bond donors (Lipinski definition) is 3. The Morgan fingerprint density at radius 3 is 2.68 bits per heavy atom. The largest absolute Gasteiger partial charge is 0.384 e. The molecule has 4 N–H and O–H groups in total. The Hall–Kier alpha value is -3.34. The maximum absolute atomic E-state index is 10.8. The number of nitro benzene ring substituents is 1. The Kier molecular flexibility index (Phi) is 3.03. The third-order valence-corrected chi connectivity index (χ3v) is 3.67. The highest BCUT2D eigenvalue weighted by Gasteiger charge is 2.32. The highest BCUT2D eigenvalue weighted by Crippen LogP contribution is 2.41. The molecule has 0 bridgehead atoms. The first-order valence-electron chi connectivity index (χ1n) is 6.49. The molecule has 0 saturated carbocycles. The number of nitrogens with one attached hydrogen (secondary N) is 2.